The molecule has 114 valence electrons. The molecule has 1 N–H and O–H groups in total. The van der Waals surface area contributed by atoms with Gasteiger partial charge in [0.1, 0.15) is 5.75 Å². The molecular formula is C20H23NO. The van der Waals surface area contributed by atoms with Gasteiger partial charge in [0.25, 0.3) is 0 Å². The highest BCUT2D eigenvalue weighted by Gasteiger charge is 2.42. The summed E-state index contributed by atoms with van der Waals surface area (Å²) < 4.78 is 0. The van der Waals surface area contributed by atoms with Gasteiger partial charge in [0.05, 0.1) is 0 Å². The minimum Gasteiger partial charge on any atom is -0.508 e. The number of piperidine rings is 1. The van der Waals surface area contributed by atoms with Gasteiger partial charge in [0.2, 0.25) is 0 Å². The summed E-state index contributed by atoms with van der Waals surface area (Å²) in [5, 5.41) is 9.80. The fraction of sp³-hybridized carbons (Fsp3) is 0.400. The van der Waals surface area contributed by atoms with Gasteiger partial charge >= 0.3 is 0 Å². The van der Waals surface area contributed by atoms with Gasteiger partial charge in [0, 0.05) is 18.6 Å². The second-order valence-electron chi connectivity index (χ2n) is 6.74. The van der Waals surface area contributed by atoms with Gasteiger partial charge in [0.15, 0.2) is 0 Å². The number of phenolic OH excluding ortho intramolecular Hbond substituents is 1. The standard InChI is InChI=1S/C20H23NO/c22-18-8-4-7-16(13-18)19-11-9-17-10-12-20(19)21(17)14-15-5-2-1-3-6-15/h1-8,13,17,19-20,22H,9-12,14H2. The molecule has 0 spiro atoms. The zero-order valence-electron chi connectivity index (χ0n) is 12.9. The van der Waals surface area contributed by atoms with E-state index in [-0.39, 0.29) is 0 Å². The van der Waals surface area contributed by atoms with Crippen LogP contribution in [0, 0.1) is 0 Å². The van der Waals surface area contributed by atoms with Gasteiger partial charge in [-0.2, -0.15) is 0 Å². The largest absolute Gasteiger partial charge is 0.508 e. The van der Waals surface area contributed by atoms with Gasteiger partial charge in [-0.05, 0) is 54.9 Å². The highest BCUT2D eigenvalue weighted by molar-refractivity contribution is 5.32. The molecule has 0 amide bonds. The Labute approximate surface area is 132 Å². The highest BCUT2D eigenvalue weighted by atomic mass is 16.3. The molecule has 2 nitrogen and oxygen atoms in total. The quantitative estimate of drug-likeness (QED) is 0.912. The van der Waals surface area contributed by atoms with Gasteiger partial charge in [-0.3, -0.25) is 4.90 Å². The number of fused-ring (bicyclic) bond motifs is 2. The van der Waals surface area contributed by atoms with Crippen LogP contribution in [0.1, 0.15) is 42.7 Å². The molecule has 2 heterocycles. The smallest absolute Gasteiger partial charge is 0.115 e. The molecule has 3 atom stereocenters. The fourth-order valence-corrected chi connectivity index (χ4v) is 4.46. The van der Waals surface area contributed by atoms with Crippen molar-refractivity contribution in [1.29, 1.82) is 0 Å². The lowest BCUT2D eigenvalue weighted by Crippen LogP contribution is -2.43. The van der Waals surface area contributed by atoms with E-state index in [1.54, 1.807) is 6.07 Å². The normalized spacial score (nSPS) is 27.9. The van der Waals surface area contributed by atoms with Gasteiger partial charge in [-0.25, -0.2) is 0 Å². The summed E-state index contributed by atoms with van der Waals surface area (Å²) in [4.78, 5) is 2.72. The molecule has 2 heteroatoms. The molecule has 0 aromatic heterocycles. The summed E-state index contributed by atoms with van der Waals surface area (Å²) in [6, 6.07) is 20.1. The van der Waals surface area contributed by atoms with Crippen molar-refractivity contribution >= 4 is 0 Å². The summed E-state index contributed by atoms with van der Waals surface area (Å²) in [7, 11) is 0. The first-order valence-electron chi connectivity index (χ1n) is 8.40. The number of phenols is 1. The van der Waals surface area contributed by atoms with Gasteiger partial charge in [-0.1, -0.05) is 42.5 Å². The topological polar surface area (TPSA) is 23.5 Å². The SMILES string of the molecule is Oc1cccc(C2CCC3CCC2N3Cc2ccccc2)c1. The number of hydrogen-bond acceptors (Lipinski definition) is 2. The summed E-state index contributed by atoms with van der Waals surface area (Å²) in [5.74, 6) is 0.960. The van der Waals surface area contributed by atoms with E-state index >= 15 is 0 Å². The molecule has 2 aliphatic rings. The van der Waals surface area contributed by atoms with E-state index in [2.05, 4.69) is 41.3 Å². The first-order valence-corrected chi connectivity index (χ1v) is 8.40. The molecule has 2 fully saturated rings. The summed E-state index contributed by atoms with van der Waals surface area (Å²) in [6.07, 6.45) is 5.15. The van der Waals surface area contributed by atoms with Crippen LogP contribution in [-0.2, 0) is 6.54 Å². The molecular weight excluding hydrogens is 270 g/mol. The van der Waals surface area contributed by atoms with Crippen molar-refractivity contribution in [3.8, 4) is 5.75 Å². The van der Waals surface area contributed by atoms with Crippen LogP contribution >= 0.6 is 0 Å². The lowest BCUT2D eigenvalue weighted by molar-refractivity contribution is 0.113. The van der Waals surface area contributed by atoms with Crippen LogP contribution in [0.3, 0.4) is 0 Å². The summed E-state index contributed by atoms with van der Waals surface area (Å²) >= 11 is 0. The van der Waals surface area contributed by atoms with Crippen LogP contribution in [0.25, 0.3) is 0 Å². The lowest BCUT2D eigenvalue weighted by Gasteiger charge is -2.40. The van der Waals surface area contributed by atoms with Crippen molar-refractivity contribution in [2.75, 3.05) is 0 Å². The van der Waals surface area contributed by atoms with Crippen LogP contribution in [0.15, 0.2) is 54.6 Å². The number of hydrogen-bond donors (Lipinski definition) is 1. The van der Waals surface area contributed by atoms with Gasteiger partial charge < -0.3 is 5.11 Å². The predicted octanol–water partition coefficient (Wildman–Crippen LogP) is 4.30. The molecule has 4 rings (SSSR count). The van der Waals surface area contributed by atoms with Crippen molar-refractivity contribution in [2.24, 2.45) is 0 Å². The molecule has 3 unspecified atom stereocenters. The molecule has 0 saturated carbocycles. The minimum absolute atomic E-state index is 0.396. The van der Waals surface area contributed by atoms with Crippen LogP contribution in [0.2, 0.25) is 0 Å². The maximum atomic E-state index is 9.80. The Kier molecular flexibility index (Phi) is 3.63. The van der Waals surface area contributed by atoms with Gasteiger partial charge in [-0.15, -0.1) is 0 Å². The Bertz CT molecular complexity index is 639. The van der Waals surface area contributed by atoms with E-state index in [0.29, 0.717) is 17.7 Å². The van der Waals surface area contributed by atoms with E-state index in [4.69, 9.17) is 0 Å². The van der Waals surface area contributed by atoms with E-state index in [0.717, 1.165) is 12.6 Å². The van der Waals surface area contributed by atoms with Crippen molar-refractivity contribution in [3.63, 3.8) is 0 Å². The Morgan fingerprint density at radius 2 is 1.73 bits per heavy atom. The molecule has 2 saturated heterocycles. The summed E-state index contributed by atoms with van der Waals surface area (Å²) in [5.41, 5.74) is 2.72. The van der Waals surface area contributed by atoms with E-state index in [1.165, 1.54) is 36.8 Å². The van der Waals surface area contributed by atoms with E-state index < -0.39 is 0 Å². The maximum absolute atomic E-state index is 9.80. The van der Waals surface area contributed by atoms with Crippen molar-refractivity contribution in [2.45, 2.75) is 50.2 Å². The molecule has 2 aliphatic heterocycles. The molecule has 22 heavy (non-hydrogen) atoms. The minimum atomic E-state index is 0.396. The molecule has 2 aromatic carbocycles. The Balaban J connectivity index is 1.59. The van der Waals surface area contributed by atoms with Crippen LogP contribution in [0.4, 0.5) is 0 Å². The third kappa shape index (κ3) is 2.52. The van der Waals surface area contributed by atoms with Crippen molar-refractivity contribution in [1.82, 2.24) is 4.90 Å². The second kappa shape index (κ2) is 5.77. The average Bonchev–Trinajstić information content (AvgIpc) is 2.80. The number of aromatic hydroxyl groups is 1. The zero-order chi connectivity index (χ0) is 14.9. The lowest BCUT2D eigenvalue weighted by atomic mass is 9.84. The highest BCUT2D eigenvalue weighted by Crippen LogP contribution is 2.45. The molecule has 0 aliphatic carbocycles. The Hall–Kier alpha value is -1.80. The van der Waals surface area contributed by atoms with Crippen LogP contribution in [-0.4, -0.2) is 22.1 Å². The maximum Gasteiger partial charge on any atom is 0.115 e. The fourth-order valence-electron chi connectivity index (χ4n) is 4.46. The average molecular weight is 293 g/mol. The Morgan fingerprint density at radius 1 is 0.909 bits per heavy atom. The van der Waals surface area contributed by atoms with Crippen molar-refractivity contribution in [3.05, 3.63) is 65.7 Å². The zero-order valence-corrected chi connectivity index (χ0v) is 12.9. The summed E-state index contributed by atoms with van der Waals surface area (Å²) in [6.45, 7) is 1.06. The number of nitrogens with zero attached hydrogens (tertiary/aromatic N) is 1. The first kappa shape index (κ1) is 13.8. The van der Waals surface area contributed by atoms with Crippen LogP contribution in [0.5, 0.6) is 5.75 Å². The van der Waals surface area contributed by atoms with Crippen molar-refractivity contribution < 1.29 is 5.11 Å². The number of benzene rings is 2. The predicted molar refractivity (Wildman–Crippen MR) is 88.9 cm³/mol. The molecule has 2 bridgehead atoms. The third-order valence-corrected chi connectivity index (χ3v) is 5.47. The second-order valence-corrected chi connectivity index (χ2v) is 6.74. The third-order valence-electron chi connectivity index (χ3n) is 5.47. The number of rotatable bonds is 3. The molecule has 0 radical (unpaired) electrons. The van der Waals surface area contributed by atoms with E-state index in [9.17, 15) is 5.11 Å². The van der Waals surface area contributed by atoms with Crippen LogP contribution < -0.4 is 0 Å². The first-order chi connectivity index (χ1) is 10.8. The Morgan fingerprint density at radius 3 is 2.55 bits per heavy atom. The molecule has 2 aromatic rings. The monoisotopic (exact) mass is 293 g/mol. The van der Waals surface area contributed by atoms with E-state index in [1.807, 2.05) is 12.1 Å².